The van der Waals surface area contributed by atoms with Gasteiger partial charge < -0.3 is 5.32 Å². The lowest BCUT2D eigenvalue weighted by Gasteiger charge is -2.03. The molecule has 1 N–H and O–H groups in total. The predicted octanol–water partition coefficient (Wildman–Crippen LogP) is 1.11. The van der Waals surface area contributed by atoms with Crippen molar-refractivity contribution < 1.29 is 14.0 Å². The highest BCUT2D eigenvalue weighted by Crippen LogP contribution is 2.00. The minimum atomic E-state index is -0.593. The second kappa shape index (κ2) is 6.22. The molecule has 0 atom stereocenters. The fourth-order valence-electron chi connectivity index (χ4n) is 1.02. The summed E-state index contributed by atoms with van der Waals surface area (Å²) in [7, 11) is 0. The van der Waals surface area contributed by atoms with Gasteiger partial charge in [0.05, 0.1) is 18.3 Å². The zero-order chi connectivity index (χ0) is 12.0. The van der Waals surface area contributed by atoms with Crippen LogP contribution in [0.1, 0.15) is 16.8 Å². The number of nitrogens with zero attached hydrogens (tertiary/aromatic N) is 1. The lowest BCUT2D eigenvalue weighted by Crippen LogP contribution is -2.29. The van der Waals surface area contributed by atoms with E-state index in [-0.39, 0.29) is 24.3 Å². The molecule has 1 radical (unpaired) electrons. The van der Waals surface area contributed by atoms with Gasteiger partial charge in [0.2, 0.25) is 0 Å². The van der Waals surface area contributed by atoms with Gasteiger partial charge in [0.25, 0.3) is 5.91 Å². The van der Waals surface area contributed by atoms with Crippen molar-refractivity contribution in [3.8, 4) is 0 Å². The molecule has 0 unspecified atom stereocenters. The summed E-state index contributed by atoms with van der Waals surface area (Å²) in [4.78, 5) is 26.0. The molecule has 0 saturated heterocycles. The van der Waals surface area contributed by atoms with E-state index >= 15 is 0 Å². The smallest absolute Gasteiger partial charge is 0.253 e. The van der Waals surface area contributed by atoms with Crippen molar-refractivity contribution in [3.05, 3.63) is 29.8 Å². The summed E-state index contributed by atoms with van der Waals surface area (Å²) in [5.74, 6) is -0.932. The Hall–Kier alpha value is -1.43. The van der Waals surface area contributed by atoms with Crippen molar-refractivity contribution >= 4 is 24.3 Å². The molecule has 1 aromatic rings. The van der Waals surface area contributed by atoms with Gasteiger partial charge in [0.1, 0.15) is 5.82 Å². The zero-order valence-electron chi connectivity index (χ0n) is 8.40. The van der Waals surface area contributed by atoms with E-state index in [9.17, 15) is 14.0 Å². The average Bonchev–Trinajstić information content (AvgIpc) is 2.26. The average molecular weight is 241 g/mol. The number of hydrogen-bond acceptors (Lipinski definition) is 3. The van der Waals surface area contributed by atoms with Gasteiger partial charge in [0.15, 0.2) is 5.78 Å². The van der Waals surface area contributed by atoms with Crippen molar-refractivity contribution in [1.29, 1.82) is 0 Å². The van der Waals surface area contributed by atoms with Gasteiger partial charge in [-0.25, -0.2) is 4.39 Å². The van der Waals surface area contributed by atoms with Gasteiger partial charge in [0, 0.05) is 18.4 Å². The molecule has 0 aliphatic carbocycles. The van der Waals surface area contributed by atoms with E-state index in [0.29, 0.717) is 5.75 Å². The summed E-state index contributed by atoms with van der Waals surface area (Å²) in [6.45, 7) is -0.0913. The molecule has 0 aliphatic heterocycles. The summed E-state index contributed by atoms with van der Waals surface area (Å²) in [6.07, 6.45) is 2.48. The van der Waals surface area contributed by atoms with E-state index in [1.165, 1.54) is 6.20 Å². The summed E-state index contributed by atoms with van der Waals surface area (Å²) in [6, 6.07) is 1.06. The van der Waals surface area contributed by atoms with Crippen LogP contribution in [0.2, 0.25) is 0 Å². The first-order valence-corrected chi connectivity index (χ1v) is 5.20. The second-order valence-corrected chi connectivity index (χ2v) is 3.48. The van der Waals surface area contributed by atoms with Gasteiger partial charge >= 0.3 is 0 Å². The van der Waals surface area contributed by atoms with Crippen molar-refractivity contribution in [1.82, 2.24) is 10.3 Å². The molecule has 4 nitrogen and oxygen atoms in total. The molecule has 16 heavy (non-hydrogen) atoms. The number of Topliss-reactive ketones (excluding diaryl/α,β-unsaturated/α-hetero) is 1. The van der Waals surface area contributed by atoms with Crippen LogP contribution in [0.4, 0.5) is 4.39 Å². The monoisotopic (exact) mass is 241 g/mol. The van der Waals surface area contributed by atoms with E-state index in [2.05, 4.69) is 22.9 Å². The third-order valence-electron chi connectivity index (χ3n) is 1.79. The first-order valence-electron chi connectivity index (χ1n) is 4.62. The number of hydrogen-bond donors (Lipinski definition) is 1. The summed E-state index contributed by atoms with van der Waals surface area (Å²) < 4.78 is 12.7. The Labute approximate surface area is 97.7 Å². The van der Waals surface area contributed by atoms with Gasteiger partial charge in [-0.1, -0.05) is 12.6 Å². The standard InChI is InChI=1S/C10H10FN2O2S/c11-8-3-7(4-12-5-8)10(15)13-6-9(14)1-2-16/h3-5H,1-2,6H2,(H,13,15). The summed E-state index contributed by atoms with van der Waals surface area (Å²) in [5.41, 5.74) is 0.0890. The number of pyridine rings is 1. The van der Waals surface area contributed by atoms with Crippen LogP contribution in [-0.2, 0) is 4.79 Å². The van der Waals surface area contributed by atoms with Crippen molar-refractivity contribution in [2.24, 2.45) is 0 Å². The number of carbonyl (C=O) groups is 2. The molecule has 0 aromatic carbocycles. The molecular weight excluding hydrogens is 231 g/mol. The molecular formula is C10H10FN2O2S. The Morgan fingerprint density at radius 3 is 2.81 bits per heavy atom. The van der Waals surface area contributed by atoms with E-state index < -0.39 is 11.7 Å². The fourth-order valence-corrected chi connectivity index (χ4v) is 1.25. The summed E-state index contributed by atoms with van der Waals surface area (Å²) in [5, 5.41) is 2.37. The van der Waals surface area contributed by atoms with Gasteiger partial charge in [-0.05, 0) is 6.07 Å². The minimum absolute atomic E-state index is 0.0890. The largest absolute Gasteiger partial charge is 0.345 e. The molecule has 6 heteroatoms. The first-order chi connectivity index (χ1) is 7.63. The second-order valence-electron chi connectivity index (χ2n) is 3.07. The SMILES string of the molecule is O=C(CC[S])CNC(=O)c1cncc(F)c1. The molecule has 0 fully saturated rings. The van der Waals surface area contributed by atoms with E-state index in [1.54, 1.807) is 0 Å². The Balaban J connectivity index is 2.50. The van der Waals surface area contributed by atoms with Crippen molar-refractivity contribution in [2.45, 2.75) is 6.42 Å². The Bertz CT molecular complexity index is 398. The van der Waals surface area contributed by atoms with E-state index in [0.717, 1.165) is 12.3 Å². The summed E-state index contributed by atoms with van der Waals surface area (Å²) >= 11 is 4.63. The molecule has 85 valence electrons. The molecule has 0 aliphatic rings. The van der Waals surface area contributed by atoms with Crippen LogP contribution in [0.25, 0.3) is 0 Å². The highest BCUT2D eigenvalue weighted by molar-refractivity contribution is 7.80. The molecule has 1 rings (SSSR count). The fraction of sp³-hybridized carbons (Fsp3) is 0.300. The lowest BCUT2D eigenvalue weighted by molar-refractivity contribution is -0.117. The third kappa shape index (κ3) is 3.98. The number of ketones is 1. The molecule has 1 amide bonds. The Kier molecular flexibility index (Phi) is 4.91. The molecule has 0 bridgehead atoms. The topological polar surface area (TPSA) is 59.1 Å². The number of halogens is 1. The molecule has 1 aromatic heterocycles. The molecule has 1 heterocycles. The van der Waals surface area contributed by atoms with Crippen molar-refractivity contribution in [2.75, 3.05) is 12.3 Å². The maximum atomic E-state index is 12.7. The predicted molar refractivity (Wildman–Crippen MR) is 58.6 cm³/mol. The maximum absolute atomic E-state index is 12.7. The number of amides is 1. The maximum Gasteiger partial charge on any atom is 0.253 e. The highest BCUT2D eigenvalue weighted by atomic mass is 32.1. The number of carbonyl (C=O) groups excluding carboxylic acids is 2. The Morgan fingerprint density at radius 2 is 2.19 bits per heavy atom. The van der Waals surface area contributed by atoms with Gasteiger partial charge in [-0.2, -0.15) is 0 Å². The number of rotatable bonds is 5. The van der Waals surface area contributed by atoms with Crippen LogP contribution in [0.5, 0.6) is 0 Å². The molecule has 0 spiro atoms. The van der Waals surface area contributed by atoms with Crippen LogP contribution in [0.15, 0.2) is 18.5 Å². The van der Waals surface area contributed by atoms with Gasteiger partial charge in [-0.3, -0.25) is 14.6 Å². The first kappa shape index (κ1) is 12.6. The molecule has 0 saturated carbocycles. The van der Waals surface area contributed by atoms with Crippen LogP contribution in [0.3, 0.4) is 0 Å². The van der Waals surface area contributed by atoms with Gasteiger partial charge in [-0.15, -0.1) is 0 Å². The lowest BCUT2D eigenvalue weighted by atomic mass is 10.2. The highest BCUT2D eigenvalue weighted by Gasteiger charge is 2.08. The minimum Gasteiger partial charge on any atom is -0.345 e. The van der Waals surface area contributed by atoms with Crippen molar-refractivity contribution in [3.63, 3.8) is 0 Å². The van der Waals surface area contributed by atoms with Crippen LogP contribution >= 0.6 is 12.6 Å². The van der Waals surface area contributed by atoms with Crippen LogP contribution in [0, 0.1) is 5.82 Å². The number of nitrogens with one attached hydrogen (secondary N) is 1. The van der Waals surface area contributed by atoms with E-state index in [4.69, 9.17) is 0 Å². The normalized spacial score (nSPS) is 9.88. The number of aromatic nitrogens is 1. The zero-order valence-corrected chi connectivity index (χ0v) is 9.22. The Morgan fingerprint density at radius 1 is 1.44 bits per heavy atom. The van der Waals surface area contributed by atoms with E-state index in [1.807, 2.05) is 0 Å². The van der Waals surface area contributed by atoms with Crippen LogP contribution < -0.4 is 5.32 Å². The third-order valence-corrected chi connectivity index (χ3v) is 2.00. The van der Waals surface area contributed by atoms with Crippen LogP contribution in [-0.4, -0.2) is 29.0 Å². The quantitative estimate of drug-likeness (QED) is 0.840.